The zero-order valence-electron chi connectivity index (χ0n) is 14.4. The van der Waals surface area contributed by atoms with Gasteiger partial charge >= 0.3 is 0 Å². The fraction of sp³-hybridized carbons (Fsp3) is 0.529. The molecule has 3 aromatic rings. The molecule has 1 aliphatic rings. The molecule has 0 aromatic carbocycles. The maximum atomic E-state index is 10.3. The van der Waals surface area contributed by atoms with E-state index < -0.39 is 5.60 Å². The zero-order chi connectivity index (χ0) is 17.1. The van der Waals surface area contributed by atoms with Crippen LogP contribution in [0.2, 0.25) is 0 Å². The Morgan fingerprint density at radius 1 is 1.25 bits per heavy atom. The van der Waals surface area contributed by atoms with Crippen molar-refractivity contribution in [2.75, 3.05) is 18.0 Å². The molecule has 126 valence electrons. The Morgan fingerprint density at radius 2 is 2.04 bits per heavy atom. The number of aromatic nitrogens is 4. The third-order valence-electron chi connectivity index (χ3n) is 5.13. The fourth-order valence-corrected chi connectivity index (χ4v) is 4.58. The molecule has 0 unspecified atom stereocenters. The van der Waals surface area contributed by atoms with Crippen molar-refractivity contribution in [1.29, 1.82) is 0 Å². The highest BCUT2D eigenvalue weighted by molar-refractivity contribution is 7.26. The van der Waals surface area contributed by atoms with E-state index in [1.54, 1.807) is 17.7 Å². The average molecular weight is 343 g/mol. The molecule has 1 fully saturated rings. The number of thiophene rings is 1. The van der Waals surface area contributed by atoms with Crippen LogP contribution >= 0.6 is 11.3 Å². The van der Waals surface area contributed by atoms with Crippen molar-refractivity contribution in [2.24, 2.45) is 5.92 Å². The third-order valence-corrected chi connectivity index (χ3v) is 6.19. The first-order valence-electron chi connectivity index (χ1n) is 8.20. The van der Waals surface area contributed by atoms with Crippen molar-refractivity contribution < 1.29 is 5.11 Å². The van der Waals surface area contributed by atoms with Gasteiger partial charge in [-0.1, -0.05) is 0 Å². The monoisotopic (exact) mass is 343 g/mol. The topological polar surface area (TPSA) is 75.0 Å². The summed E-state index contributed by atoms with van der Waals surface area (Å²) in [5.41, 5.74) is 2.36. The van der Waals surface area contributed by atoms with Crippen LogP contribution in [0.5, 0.6) is 0 Å². The van der Waals surface area contributed by atoms with Gasteiger partial charge in [-0.3, -0.25) is 0 Å². The second kappa shape index (κ2) is 5.32. The summed E-state index contributed by atoms with van der Waals surface area (Å²) >= 11 is 1.60. The van der Waals surface area contributed by atoms with Gasteiger partial charge in [-0.25, -0.2) is 9.97 Å². The molecule has 4 heterocycles. The minimum absolute atomic E-state index is 0.251. The number of anilines is 1. The Bertz CT molecular complexity index is 930. The van der Waals surface area contributed by atoms with Crippen LogP contribution in [-0.2, 0) is 0 Å². The Labute approximate surface area is 144 Å². The van der Waals surface area contributed by atoms with Gasteiger partial charge in [-0.05, 0) is 39.7 Å². The lowest BCUT2D eigenvalue weighted by Gasteiger charge is -2.25. The summed E-state index contributed by atoms with van der Waals surface area (Å²) in [7, 11) is 0. The molecule has 4 rings (SSSR count). The molecule has 0 amide bonds. The van der Waals surface area contributed by atoms with Crippen LogP contribution in [0.15, 0.2) is 6.33 Å². The number of fused-ring (bicyclic) bond motifs is 3. The Hall–Kier alpha value is -1.86. The SMILES string of the molecule is Cc1nnc2sc3c(N4CC[C@H](C(C)(C)O)C4)ncnc3c2c1C. The van der Waals surface area contributed by atoms with E-state index >= 15 is 0 Å². The molecule has 1 aliphatic heterocycles. The van der Waals surface area contributed by atoms with Gasteiger partial charge < -0.3 is 10.0 Å². The summed E-state index contributed by atoms with van der Waals surface area (Å²) in [4.78, 5) is 12.2. The van der Waals surface area contributed by atoms with Crippen LogP contribution in [0.4, 0.5) is 5.82 Å². The minimum Gasteiger partial charge on any atom is -0.390 e. The molecule has 1 saturated heterocycles. The van der Waals surface area contributed by atoms with Gasteiger partial charge in [0, 0.05) is 24.4 Å². The summed E-state index contributed by atoms with van der Waals surface area (Å²) in [5.74, 6) is 1.20. The molecule has 0 bridgehead atoms. The first-order valence-corrected chi connectivity index (χ1v) is 9.02. The first-order chi connectivity index (χ1) is 11.4. The van der Waals surface area contributed by atoms with Crippen molar-refractivity contribution in [3.05, 3.63) is 17.6 Å². The van der Waals surface area contributed by atoms with E-state index in [2.05, 4.69) is 32.0 Å². The van der Waals surface area contributed by atoms with Crippen molar-refractivity contribution >= 4 is 37.6 Å². The highest BCUT2D eigenvalue weighted by atomic mass is 32.1. The maximum absolute atomic E-state index is 10.3. The molecule has 7 heteroatoms. The second-order valence-corrected chi connectivity index (χ2v) is 8.15. The van der Waals surface area contributed by atoms with Crippen molar-refractivity contribution in [3.8, 4) is 0 Å². The minimum atomic E-state index is -0.666. The lowest BCUT2D eigenvalue weighted by molar-refractivity contribution is 0.0263. The molecule has 1 atom stereocenters. The van der Waals surface area contributed by atoms with Crippen molar-refractivity contribution in [1.82, 2.24) is 20.2 Å². The fourth-order valence-electron chi connectivity index (χ4n) is 3.42. The van der Waals surface area contributed by atoms with Crippen molar-refractivity contribution in [3.63, 3.8) is 0 Å². The van der Waals surface area contributed by atoms with Crippen molar-refractivity contribution in [2.45, 2.75) is 39.7 Å². The van der Waals surface area contributed by atoms with Gasteiger partial charge in [0.1, 0.15) is 17.0 Å². The summed E-state index contributed by atoms with van der Waals surface area (Å²) < 4.78 is 1.06. The van der Waals surface area contributed by atoms with E-state index in [0.717, 1.165) is 57.0 Å². The largest absolute Gasteiger partial charge is 0.390 e. The van der Waals surface area contributed by atoms with Crippen LogP contribution in [-0.4, -0.2) is 44.0 Å². The smallest absolute Gasteiger partial charge is 0.150 e. The highest BCUT2D eigenvalue weighted by Gasteiger charge is 2.35. The predicted molar refractivity (Wildman–Crippen MR) is 96.6 cm³/mol. The normalized spacial score (nSPS) is 18.9. The van der Waals surface area contributed by atoms with E-state index in [1.807, 2.05) is 20.8 Å². The van der Waals surface area contributed by atoms with Crippen LogP contribution in [0.25, 0.3) is 20.4 Å². The molecule has 24 heavy (non-hydrogen) atoms. The standard InChI is InChI=1S/C17H21N5OS/c1-9-10(2)20-21-16-12(9)13-14(24-16)15(19-8-18-13)22-6-5-11(7-22)17(3,4)23/h8,11,23H,5-7H2,1-4H3/t11-/m0/s1. The van der Waals surface area contributed by atoms with E-state index in [9.17, 15) is 5.11 Å². The molecule has 0 aliphatic carbocycles. The van der Waals surface area contributed by atoms with Crippen LogP contribution < -0.4 is 4.90 Å². The van der Waals surface area contributed by atoms with Gasteiger partial charge in [-0.15, -0.1) is 16.4 Å². The summed E-state index contributed by atoms with van der Waals surface area (Å²) in [6.07, 6.45) is 2.61. The van der Waals surface area contributed by atoms with Crippen LogP contribution in [0, 0.1) is 19.8 Å². The molecule has 1 N–H and O–H groups in total. The molecule has 0 radical (unpaired) electrons. The number of hydrogen-bond acceptors (Lipinski definition) is 7. The van der Waals surface area contributed by atoms with E-state index in [4.69, 9.17) is 0 Å². The molecule has 0 spiro atoms. The first kappa shape index (κ1) is 15.7. The van der Waals surface area contributed by atoms with Gasteiger partial charge in [0.05, 0.1) is 21.5 Å². The van der Waals surface area contributed by atoms with Gasteiger partial charge in [0.25, 0.3) is 0 Å². The second-order valence-electron chi connectivity index (χ2n) is 7.15. The third kappa shape index (κ3) is 2.34. The van der Waals surface area contributed by atoms with Crippen LogP contribution in [0.3, 0.4) is 0 Å². The Kier molecular flexibility index (Phi) is 3.47. The lowest BCUT2D eigenvalue weighted by Crippen LogP contribution is -2.33. The maximum Gasteiger partial charge on any atom is 0.150 e. The number of nitrogens with zero attached hydrogens (tertiary/aromatic N) is 5. The quantitative estimate of drug-likeness (QED) is 0.771. The van der Waals surface area contributed by atoms with Gasteiger partial charge in [0.2, 0.25) is 0 Å². The van der Waals surface area contributed by atoms with E-state index in [0.29, 0.717) is 0 Å². The number of hydrogen-bond donors (Lipinski definition) is 1. The number of aliphatic hydroxyl groups is 1. The number of aryl methyl sites for hydroxylation is 2. The molecule has 6 nitrogen and oxygen atoms in total. The summed E-state index contributed by atoms with van der Waals surface area (Å²) in [6.45, 7) is 9.53. The van der Waals surface area contributed by atoms with Gasteiger partial charge in [0.15, 0.2) is 0 Å². The summed E-state index contributed by atoms with van der Waals surface area (Å²) in [6, 6.07) is 0. The van der Waals surface area contributed by atoms with Gasteiger partial charge in [-0.2, -0.15) is 5.10 Å². The highest BCUT2D eigenvalue weighted by Crippen LogP contribution is 2.39. The Morgan fingerprint density at radius 3 is 2.75 bits per heavy atom. The molecule has 3 aromatic heterocycles. The average Bonchev–Trinajstić information content (AvgIpc) is 3.15. The predicted octanol–water partition coefficient (Wildman–Crippen LogP) is 2.85. The molecular formula is C17H21N5OS. The molecular weight excluding hydrogens is 322 g/mol. The molecule has 0 saturated carbocycles. The zero-order valence-corrected chi connectivity index (χ0v) is 15.2. The van der Waals surface area contributed by atoms with E-state index in [-0.39, 0.29) is 5.92 Å². The van der Waals surface area contributed by atoms with Crippen LogP contribution in [0.1, 0.15) is 31.5 Å². The lowest BCUT2D eigenvalue weighted by atomic mass is 9.90. The van der Waals surface area contributed by atoms with E-state index in [1.165, 1.54) is 0 Å². The number of rotatable bonds is 2. The Balaban J connectivity index is 1.85. The summed E-state index contributed by atoms with van der Waals surface area (Å²) in [5, 5.41) is 20.0.